The fraction of sp³-hybridized carbons (Fsp3) is 0.154. The molecule has 3 nitrogen and oxygen atoms in total. The molecule has 0 N–H and O–H groups in total. The van der Waals surface area contributed by atoms with Crippen molar-refractivity contribution in [2.45, 2.75) is 32.6 Å². The second-order valence-electron chi connectivity index (χ2n) is 7.67. The molecule has 0 spiro atoms. The van der Waals surface area contributed by atoms with Crippen LogP contribution in [0.15, 0.2) is 76.5 Å². The van der Waals surface area contributed by atoms with Gasteiger partial charge in [0.2, 0.25) is 0 Å². The molecule has 0 fully saturated rings. The first-order valence-corrected chi connectivity index (χ1v) is 10.7. The number of benzene rings is 3. The smallest absolute Gasteiger partial charge is 0.268 e. The van der Waals surface area contributed by atoms with Gasteiger partial charge in [-0.05, 0) is 68.1 Å². The quantitative estimate of drug-likeness (QED) is 0.493. The minimum atomic E-state index is -0.266. The fourth-order valence-corrected chi connectivity index (χ4v) is 4.73. The van der Waals surface area contributed by atoms with Crippen LogP contribution >= 0.6 is 11.8 Å². The van der Waals surface area contributed by atoms with E-state index in [2.05, 4.69) is 0 Å². The third-order valence-corrected chi connectivity index (χ3v) is 6.35. The molecule has 0 bridgehead atoms. The lowest BCUT2D eigenvalue weighted by Gasteiger charge is -2.18. The van der Waals surface area contributed by atoms with E-state index in [1.54, 1.807) is 0 Å². The van der Waals surface area contributed by atoms with E-state index in [1.165, 1.54) is 16.7 Å². The van der Waals surface area contributed by atoms with Crippen LogP contribution in [0.2, 0.25) is 0 Å². The number of carbonyl (C=O) groups is 2. The van der Waals surface area contributed by atoms with E-state index in [-0.39, 0.29) is 11.8 Å². The molecule has 0 aliphatic carbocycles. The zero-order valence-corrected chi connectivity index (χ0v) is 18.3. The predicted molar refractivity (Wildman–Crippen MR) is 124 cm³/mol. The Hall–Kier alpha value is -3.11. The van der Waals surface area contributed by atoms with Gasteiger partial charge in [0.25, 0.3) is 11.8 Å². The van der Waals surface area contributed by atoms with Crippen molar-refractivity contribution in [3.05, 3.63) is 99.5 Å². The third kappa shape index (κ3) is 3.59. The first-order valence-electron chi connectivity index (χ1n) is 9.87. The molecule has 1 aliphatic rings. The average molecular weight is 414 g/mol. The van der Waals surface area contributed by atoms with Crippen LogP contribution in [0.1, 0.15) is 27.8 Å². The molecule has 0 saturated carbocycles. The monoisotopic (exact) mass is 413 g/mol. The van der Waals surface area contributed by atoms with Gasteiger partial charge in [-0.2, -0.15) is 0 Å². The first kappa shape index (κ1) is 20.2. The van der Waals surface area contributed by atoms with Gasteiger partial charge in [-0.1, -0.05) is 65.9 Å². The highest BCUT2D eigenvalue weighted by atomic mass is 32.2. The number of anilines is 1. The number of rotatable bonds is 4. The maximum atomic E-state index is 13.7. The van der Waals surface area contributed by atoms with Gasteiger partial charge < -0.3 is 0 Å². The Morgan fingerprint density at radius 2 is 1.37 bits per heavy atom. The van der Waals surface area contributed by atoms with Crippen LogP contribution in [0.5, 0.6) is 0 Å². The van der Waals surface area contributed by atoms with Crippen molar-refractivity contribution in [2.75, 3.05) is 4.90 Å². The van der Waals surface area contributed by atoms with Crippen LogP contribution in [-0.2, 0) is 9.59 Å². The van der Waals surface area contributed by atoms with Gasteiger partial charge in [-0.15, -0.1) is 0 Å². The molecule has 4 rings (SSSR count). The van der Waals surface area contributed by atoms with Crippen LogP contribution in [0.4, 0.5) is 5.69 Å². The maximum absolute atomic E-state index is 13.7. The number of hydrogen-bond acceptors (Lipinski definition) is 3. The van der Waals surface area contributed by atoms with E-state index >= 15 is 0 Å². The number of carbonyl (C=O) groups excluding carboxylic acids is 2. The predicted octanol–water partition coefficient (Wildman–Crippen LogP) is 6.00. The minimum absolute atomic E-state index is 0.265. The summed E-state index contributed by atoms with van der Waals surface area (Å²) in [5, 5.41) is 0. The first-order chi connectivity index (χ1) is 14.4. The van der Waals surface area contributed by atoms with Gasteiger partial charge in [-0.25, -0.2) is 4.90 Å². The third-order valence-electron chi connectivity index (χ3n) is 5.26. The van der Waals surface area contributed by atoms with E-state index in [1.807, 2.05) is 94.4 Å². The maximum Gasteiger partial charge on any atom is 0.272 e. The summed E-state index contributed by atoms with van der Waals surface area (Å²) in [4.78, 5) is 30.0. The van der Waals surface area contributed by atoms with E-state index < -0.39 is 0 Å². The Morgan fingerprint density at radius 3 is 2.07 bits per heavy atom. The van der Waals surface area contributed by atoms with Gasteiger partial charge in [0.1, 0.15) is 0 Å². The number of thioether (sulfide) groups is 1. The SMILES string of the molecule is Cc1ccc(C2=C(Sc3ccccc3)C(=O)N(c3cc(C)ccc3C)C2=O)c(C)c1. The summed E-state index contributed by atoms with van der Waals surface area (Å²) in [6.45, 7) is 7.90. The summed E-state index contributed by atoms with van der Waals surface area (Å²) in [6, 6.07) is 21.5. The number of nitrogens with zero attached hydrogens (tertiary/aromatic N) is 1. The summed E-state index contributed by atoms with van der Waals surface area (Å²) in [5.41, 5.74) is 5.95. The summed E-state index contributed by atoms with van der Waals surface area (Å²) >= 11 is 1.35. The van der Waals surface area contributed by atoms with Gasteiger partial charge >= 0.3 is 0 Å². The second kappa shape index (κ2) is 7.96. The Bertz CT molecular complexity index is 1190. The summed E-state index contributed by atoms with van der Waals surface area (Å²) in [5.74, 6) is -0.531. The van der Waals surface area contributed by atoms with Crippen molar-refractivity contribution in [1.82, 2.24) is 0 Å². The van der Waals surface area contributed by atoms with Crippen LogP contribution in [-0.4, -0.2) is 11.8 Å². The Morgan fingerprint density at radius 1 is 0.700 bits per heavy atom. The van der Waals surface area contributed by atoms with Crippen LogP contribution in [0.25, 0.3) is 5.57 Å². The van der Waals surface area contributed by atoms with Gasteiger partial charge in [0, 0.05) is 4.90 Å². The lowest BCUT2D eigenvalue weighted by Crippen LogP contribution is -2.32. The molecule has 30 heavy (non-hydrogen) atoms. The molecular weight excluding hydrogens is 390 g/mol. The van der Waals surface area contributed by atoms with Crippen molar-refractivity contribution in [3.63, 3.8) is 0 Å². The van der Waals surface area contributed by atoms with Gasteiger partial charge in [0.05, 0.1) is 16.2 Å². The van der Waals surface area contributed by atoms with Crippen molar-refractivity contribution in [2.24, 2.45) is 0 Å². The molecular formula is C26H23NO2S. The molecule has 3 aromatic rings. The molecule has 150 valence electrons. The summed E-state index contributed by atoms with van der Waals surface area (Å²) in [6.07, 6.45) is 0. The van der Waals surface area contributed by atoms with Crippen molar-refractivity contribution in [3.8, 4) is 0 Å². The highest BCUT2D eigenvalue weighted by Gasteiger charge is 2.41. The summed E-state index contributed by atoms with van der Waals surface area (Å²) < 4.78 is 0. The minimum Gasteiger partial charge on any atom is -0.268 e. The highest BCUT2D eigenvalue weighted by molar-refractivity contribution is 8.04. The Kier molecular flexibility index (Phi) is 5.35. The Labute approximate surface area is 181 Å². The van der Waals surface area contributed by atoms with Crippen LogP contribution in [0.3, 0.4) is 0 Å². The average Bonchev–Trinajstić information content (AvgIpc) is 2.95. The van der Waals surface area contributed by atoms with Crippen molar-refractivity contribution >= 4 is 34.8 Å². The highest BCUT2D eigenvalue weighted by Crippen LogP contribution is 2.42. The normalized spacial score (nSPS) is 14.1. The lowest BCUT2D eigenvalue weighted by molar-refractivity contribution is -0.119. The number of imide groups is 1. The Balaban J connectivity index is 1.89. The van der Waals surface area contributed by atoms with E-state index in [0.29, 0.717) is 16.2 Å². The van der Waals surface area contributed by atoms with Crippen LogP contribution < -0.4 is 4.90 Å². The molecule has 0 radical (unpaired) electrons. The van der Waals surface area contributed by atoms with Gasteiger partial charge in [-0.3, -0.25) is 9.59 Å². The van der Waals surface area contributed by atoms with Crippen molar-refractivity contribution < 1.29 is 9.59 Å². The van der Waals surface area contributed by atoms with E-state index in [0.717, 1.165) is 32.7 Å². The van der Waals surface area contributed by atoms with E-state index in [4.69, 9.17) is 0 Å². The molecule has 0 aromatic heterocycles. The summed E-state index contributed by atoms with van der Waals surface area (Å²) in [7, 11) is 0. The van der Waals surface area contributed by atoms with Crippen molar-refractivity contribution in [1.29, 1.82) is 0 Å². The second-order valence-corrected chi connectivity index (χ2v) is 8.76. The lowest BCUT2D eigenvalue weighted by atomic mass is 9.98. The molecule has 1 aliphatic heterocycles. The van der Waals surface area contributed by atoms with Gasteiger partial charge in [0.15, 0.2) is 0 Å². The molecule has 2 amide bonds. The topological polar surface area (TPSA) is 37.4 Å². The molecule has 0 atom stereocenters. The molecule has 3 aromatic carbocycles. The zero-order valence-electron chi connectivity index (χ0n) is 17.5. The molecule has 1 heterocycles. The largest absolute Gasteiger partial charge is 0.272 e. The molecule has 4 heteroatoms. The number of hydrogen-bond donors (Lipinski definition) is 0. The van der Waals surface area contributed by atoms with Crippen LogP contribution in [0, 0.1) is 27.7 Å². The van der Waals surface area contributed by atoms with E-state index in [9.17, 15) is 9.59 Å². The fourth-order valence-electron chi connectivity index (χ4n) is 3.72. The number of amides is 2. The standard InChI is InChI=1S/C26H23NO2S/c1-16-11-13-21(19(4)14-16)23-24(30-20-8-6-5-7-9-20)26(29)27(25(23)28)22-15-17(2)10-12-18(22)3/h5-15H,1-4H3. The molecule has 0 saturated heterocycles. The number of aryl methyl sites for hydroxylation is 4. The zero-order chi connectivity index (χ0) is 21.4. The molecule has 0 unspecified atom stereocenters.